The molecule has 0 aliphatic heterocycles. The average molecular weight is 501 g/mol. The zero-order valence-electron chi connectivity index (χ0n) is 22.1. The average Bonchev–Trinajstić information content (AvgIpc) is 2.97. The minimum absolute atomic E-state index is 0.327. The Bertz CT molecular complexity index is 1990. The minimum atomic E-state index is 0.327. The Kier molecular flexibility index (Phi) is 5.45. The second kappa shape index (κ2) is 9.15. The number of hydrogen-bond acceptors (Lipinski definition) is 1. The van der Waals surface area contributed by atoms with Crippen LogP contribution in [-0.4, -0.2) is 5.11 Å². The van der Waals surface area contributed by atoms with Crippen molar-refractivity contribution in [3.8, 4) is 39.1 Å². The van der Waals surface area contributed by atoms with Crippen molar-refractivity contribution >= 4 is 32.3 Å². The molecule has 0 saturated carbocycles. The molecule has 7 rings (SSSR count). The van der Waals surface area contributed by atoms with Crippen LogP contribution in [-0.2, 0) is 0 Å². The van der Waals surface area contributed by atoms with Gasteiger partial charge in [-0.05, 0) is 109 Å². The Hall–Kier alpha value is -4.88. The van der Waals surface area contributed by atoms with Crippen molar-refractivity contribution in [2.75, 3.05) is 0 Å². The van der Waals surface area contributed by atoms with Crippen LogP contribution in [0.1, 0.15) is 11.1 Å². The fourth-order valence-electron chi connectivity index (χ4n) is 6.08. The molecule has 7 aromatic carbocycles. The Labute approximate surface area is 228 Å². The molecule has 0 saturated heterocycles. The second-order valence-corrected chi connectivity index (χ2v) is 10.4. The third-order valence-electron chi connectivity index (χ3n) is 8.09. The highest BCUT2D eigenvalue weighted by Gasteiger charge is 2.18. The summed E-state index contributed by atoms with van der Waals surface area (Å²) in [5.41, 5.74) is 9.22. The molecule has 0 aliphatic rings. The molecular formula is C38H28O. The van der Waals surface area contributed by atoms with E-state index in [0.717, 1.165) is 16.7 Å². The molecule has 186 valence electrons. The molecule has 0 bridgehead atoms. The van der Waals surface area contributed by atoms with Crippen LogP contribution in [0.15, 0.2) is 127 Å². The number of aromatic hydroxyl groups is 1. The first-order valence-electron chi connectivity index (χ1n) is 13.4. The number of rotatable bonds is 3. The second-order valence-electron chi connectivity index (χ2n) is 10.4. The van der Waals surface area contributed by atoms with E-state index in [4.69, 9.17) is 0 Å². The topological polar surface area (TPSA) is 20.2 Å². The lowest BCUT2D eigenvalue weighted by molar-refractivity contribution is 0.471. The molecule has 0 aromatic heterocycles. The number of fused-ring (bicyclic) bond motifs is 3. The smallest absolute Gasteiger partial charge is 0.119 e. The summed E-state index contributed by atoms with van der Waals surface area (Å²) in [4.78, 5) is 0. The predicted molar refractivity (Wildman–Crippen MR) is 166 cm³/mol. The summed E-state index contributed by atoms with van der Waals surface area (Å²) in [7, 11) is 0. The highest BCUT2D eigenvalue weighted by atomic mass is 16.3. The van der Waals surface area contributed by atoms with E-state index in [0.29, 0.717) is 5.75 Å². The summed E-state index contributed by atoms with van der Waals surface area (Å²) >= 11 is 0. The normalized spacial score (nSPS) is 11.4. The highest BCUT2D eigenvalue weighted by molar-refractivity contribution is 6.21. The Morgan fingerprint density at radius 1 is 0.436 bits per heavy atom. The summed E-state index contributed by atoms with van der Waals surface area (Å²) in [5, 5.41) is 17.9. The van der Waals surface area contributed by atoms with E-state index in [9.17, 15) is 5.11 Å². The number of hydrogen-bond donors (Lipinski definition) is 1. The van der Waals surface area contributed by atoms with Gasteiger partial charge in [0.2, 0.25) is 0 Å². The number of benzene rings is 7. The summed E-state index contributed by atoms with van der Waals surface area (Å²) in [6.45, 7) is 4.13. The first kappa shape index (κ1) is 23.3. The highest BCUT2D eigenvalue weighted by Crippen LogP contribution is 2.45. The van der Waals surface area contributed by atoms with Gasteiger partial charge in [-0.15, -0.1) is 0 Å². The molecule has 0 spiro atoms. The van der Waals surface area contributed by atoms with Crippen molar-refractivity contribution in [1.29, 1.82) is 0 Å². The maximum absolute atomic E-state index is 10.4. The lowest BCUT2D eigenvalue weighted by Crippen LogP contribution is -1.93. The Morgan fingerprint density at radius 2 is 0.974 bits per heavy atom. The van der Waals surface area contributed by atoms with Crippen LogP contribution in [0.2, 0.25) is 0 Å². The van der Waals surface area contributed by atoms with Crippen molar-refractivity contribution in [2.45, 2.75) is 13.8 Å². The van der Waals surface area contributed by atoms with E-state index in [2.05, 4.69) is 122 Å². The van der Waals surface area contributed by atoms with Gasteiger partial charge in [-0.3, -0.25) is 0 Å². The summed E-state index contributed by atoms with van der Waals surface area (Å²) in [5.74, 6) is 0.327. The maximum Gasteiger partial charge on any atom is 0.119 e. The lowest BCUT2D eigenvalue weighted by atomic mass is 9.84. The molecule has 1 nitrogen and oxygen atoms in total. The molecule has 0 aliphatic carbocycles. The van der Waals surface area contributed by atoms with E-state index in [-0.39, 0.29) is 0 Å². The van der Waals surface area contributed by atoms with E-state index >= 15 is 0 Å². The summed E-state index contributed by atoms with van der Waals surface area (Å²) in [6, 6.07) is 45.4. The quantitative estimate of drug-likeness (QED) is 0.239. The van der Waals surface area contributed by atoms with Gasteiger partial charge in [0.1, 0.15) is 5.75 Å². The lowest BCUT2D eigenvalue weighted by Gasteiger charge is -2.19. The standard InChI is InChI=1S/C38H28O/c1-24-18-19-29(23-35(24)30-16-9-17-36(39)25(30)2)38-33-14-7-5-12-31(33)37(32-13-6-8-15-34(32)38)28-21-20-26-10-3-4-11-27(26)22-28/h3-23,39H,1-2H3. The van der Waals surface area contributed by atoms with Crippen molar-refractivity contribution in [3.05, 3.63) is 139 Å². The molecular weight excluding hydrogens is 472 g/mol. The van der Waals surface area contributed by atoms with Crippen LogP contribution < -0.4 is 0 Å². The van der Waals surface area contributed by atoms with Gasteiger partial charge >= 0.3 is 0 Å². The van der Waals surface area contributed by atoms with Crippen molar-refractivity contribution < 1.29 is 5.11 Å². The van der Waals surface area contributed by atoms with Crippen LogP contribution in [0.25, 0.3) is 65.7 Å². The SMILES string of the molecule is Cc1ccc(-c2c3ccccc3c(-c3ccc4ccccc4c3)c3ccccc23)cc1-c1cccc(O)c1C. The molecule has 0 unspecified atom stereocenters. The first-order valence-corrected chi connectivity index (χ1v) is 13.4. The molecule has 0 amide bonds. The van der Waals surface area contributed by atoms with E-state index in [1.165, 1.54) is 60.1 Å². The van der Waals surface area contributed by atoms with Gasteiger partial charge in [0.25, 0.3) is 0 Å². The largest absolute Gasteiger partial charge is 0.508 e. The van der Waals surface area contributed by atoms with Gasteiger partial charge in [-0.1, -0.05) is 109 Å². The maximum atomic E-state index is 10.4. The molecule has 7 aromatic rings. The third-order valence-corrected chi connectivity index (χ3v) is 8.09. The molecule has 1 heteroatoms. The van der Waals surface area contributed by atoms with Gasteiger partial charge in [-0.25, -0.2) is 0 Å². The van der Waals surface area contributed by atoms with Gasteiger partial charge in [0.15, 0.2) is 0 Å². The molecule has 0 heterocycles. The first-order chi connectivity index (χ1) is 19.1. The fourth-order valence-corrected chi connectivity index (χ4v) is 6.08. The van der Waals surface area contributed by atoms with Gasteiger partial charge < -0.3 is 5.11 Å². The summed E-state index contributed by atoms with van der Waals surface area (Å²) < 4.78 is 0. The van der Waals surface area contributed by atoms with E-state index in [1.807, 2.05) is 13.0 Å². The van der Waals surface area contributed by atoms with Crippen molar-refractivity contribution in [3.63, 3.8) is 0 Å². The minimum Gasteiger partial charge on any atom is -0.508 e. The molecule has 39 heavy (non-hydrogen) atoms. The Balaban J connectivity index is 1.55. The van der Waals surface area contributed by atoms with Gasteiger partial charge in [0.05, 0.1) is 0 Å². The van der Waals surface area contributed by atoms with Crippen LogP contribution in [0.3, 0.4) is 0 Å². The summed E-state index contributed by atoms with van der Waals surface area (Å²) in [6.07, 6.45) is 0. The zero-order chi connectivity index (χ0) is 26.5. The molecule has 0 fully saturated rings. The number of phenols is 1. The fraction of sp³-hybridized carbons (Fsp3) is 0.0526. The molecule has 0 atom stereocenters. The molecule has 0 radical (unpaired) electrons. The Morgan fingerprint density at radius 3 is 1.62 bits per heavy atom. The van der Waals surface area contributed by atoms with Gasteiger partial charge in [-0.2, -0.15) is 0 Å². The van der Waals surface area contributed by atoms with Crippen molar-refractivity contribution in [2.24, 2.45) is 0 Å². The third kappa shape index (κ3) is 3.78. The van der Waals surface area contributed by atoms with Crippen LogP contribution >= 0.6 is 0 Å². The van der Waals surface area contributed by atoms with Gasteiger partial charge in [0, 0.05) is 0 Å². The van der Waals surface area contributed by atoms with Crippen LogP contribution in [0.5, 0.6) is 5.75 Å². The van der Waals surface area contributed by atoms with Crippen molar-refractivity contribution in [1.82, 2.24) is 0 Å². The zero-order valence-corrected chi connectivity index (χ0v) is 22.1. The van der Waals surface area contributed by atoms with E-state index < -0.39 is 0 Å². The van der Waals surface area contributed by atoms with Crippen LogP contribution in [0.4, 0.5) is 0 Å². The van der Waals surface area contributed by atoms with Crippen LogP contribution in [0, 0.1) is 13.8 Å². The monoisotopic (exact) mass is 500 g/mol. The molecule has 1 N–H and O–H groups in total. The predicted octanol–water partition coefficient (Wildman–Crippen LogP) is 10.5. The number of phenolic OH excluding ortho intramolecular Hbond substituents is 1. The van der Waals surface area contributed by atoms with E-state index in [1.54, 1.807) is 6.07 Å². The number of aryl methyl sites for hydroxylation is 1.